The number of rotatable bonds is 8. The van der Waals surface area contributed by atoms with E-state index in [-0.39, 0.29) is 30.0 Å². The maximum atomic E-state index is 10.4. The van der Waals surface area contributed by atoms with E-state index in [1.165, 1.54) is 19.3 Å². The molecule has 0 aliphatic carbocycles. The highest BCUT2D eigenvalue weighted by Gasteiger charge is 2.24. The molecule has 2 atom stereocenters. The zero-order valence-corrected chi connectivity index (χ0v) is 19.3. The third kappa shape index (κ3) is 7.27. The lowest BCUT2D eigenvalue weighted by atomic mass is 10.1. The summed E-state index contributed by atoms with van der Waals surface area (Å²) in [5.74, 6) is 1.66. The SMILES string of the molecule is CCNC(=NCC(c1ccco1)N1CCCCC1)NCC(O)c1ccncc1.I. The van der Waals surface area contributed by atoms with Crippen LogP contribution in [-0.2, 0) is 0 Å². The molecular weight excluding hydrogens is 481 g/mol. The number of aliphatic hydroxyl groups is 1. The summed E-state index contributed by atoms with van der Waals surface area (Å²) < 4.78 is 5.70. The van der Waals surface area contributed by atoms with Crippen LogP contribution in [0.1, 0.15) is 49.7 Å². The number of aliphatic imine (C=N–C) groups is 1. The number of furan rings is 1. The highest BCUT2D eigenvalue weighted by molar-refractivity contribution is 14.0. The van der Waals surface area contributed by atoms with Crippen LogP contribution < -0.4 is 10.6 Å². The minimum Gasteiger partial charge on any atom is -0.468 e. The number of guanidine groups is 1. The number of piperidine rings is 1. The van der Waals surface area contributed by atoms with Crippen LogP contribution in [-0.4, -0.2) is 53.7 Å². The minimum atomic E-state index is -0.616. The van der Waals surface area contributed by atoms with Gasteiger partial charge in [0.25, 0.3) is 0 Å². The average Bonchev–Trinajstić information content (AvgIpc) is 3.28. The molecule has 8 heteroatoms. The number of nitrogens with zero attached hydrogens (tertiary/aromatic N) is 3. The van der Waals surface area contributed by atoms with Crippen molar-refractivity contribution in [1.82, 2.24) is 20.5 Å². The van der Waals surface area contributed by atoms with Crippen LogP contribution in [0.5, 0.6) is 0 Å². The van der Waals surface area contributed by atoms with Gasteiger partial charge in [0, 0.05) is 25.5 Å². The van der Waals surface area contributed by atoms with Gasteiger partial charge in [0.2, 0.25) is 0 Å². The van der Waals surface area contributed by atoms with E-state index < -0.39 is 6.10 Å². The van der Waals surface area contributed by atoms with Crippen molar-refractivity contribution in [2.75, 3.05) is 32.7 Å². The molecule has 29 heavy (non-hydrogen) atoms. The molecule has 2 unspecified atom stereocenters. The molecule has 3 heterocycles. The second-order valence-corrected chi connectivity index (χ2v) is 7.02. The Morgan fingerprint density at radius 3 is 2.62 bits per heavy atom. The van der Waals surface area contributed by atoms with E-state index in [9.17, 15) is 5.11 Å². The van der Waals surface area contributed by atoms with E-state index >= 15 is 0 Å². The maximum Gasteiger partial charge on any atom is 0.191 e. The van der Waals surface area contributed by atoms with Crippen LogP contribution >= 0.6 is 24.0 Å². The first kappa shape index (κ1) is 23.6. The molecule has 0 bridgehead atoms. The highest BCUT2D eigenvalue weighted by Crippen LogP contribution is 2.25. The summed E-state index contributed by atoms with van der Waals surface area (Å²) in [4.78, 5) is 11.2. The Kier molecular flexibility index (Phi) is 10.4. The van der Waals surface area contributed by atoms with Gasteiger partial charge < -0.3 is 20.2 Å². The molecule has 2 aromatic heterocycles. The standard InChI is InChI=1S/C21H31N5O2.HI/c1-2-23-21(25-16-19(27)17-8-10-22-11-9-17)24-15-18(20-7-6-14-28-20)26-12-4-3-5-13-26;/h6-11,14,18-19,27H,2-5,12-13,15-16H2,1H3,(H2,23,24,25);1H. The number of aromatic nitrogens is 1. The second-order valence-electron chi connectivity index (χ2n) is 7.02. The van der Waals surface area contributed by atoms with Gasteiger partial charge >= 0.3 is 0 Å². The fourth-order valence-corrected chi connectivity index (χ4v) is 3.51. The molecule has 0 radical (unpaired) electrons. The van der Waals surface area contributed by atoms with Crippen molar-refractivity contribution in [3.8, 4) is 0 Å². The summed E-state index contributed by atoms with van der Waals surface area (Å²) >= 11 is 0. The molecule has 3 rings (SSSR count). The van der Waals surface area contributed by atoms with Crippen LogP contribution in [0, 0.1) is 0 Å². The summed E-state index contributed by atoms with van der Waals surface area (Å²) in [7, 11) is 0. The molecule has 2 aromatic rings. The first-order chi connectivity index (χ1) is 13.8. The molecule has 0 spiro atoms. The van der Waals surface area contributed by atoms with E-state index in [4.69, 9.17) is 9.41 Å². The van der Waals surface area contributed by atoms with E-state index in [1.807, 2.05) is 31.2 Å². The topological polar surface area (TPSA) is 85.9 Å². The van der Waals surface area contributed by atoms with Crippen LogP contribution in [0.3, 0.4) is 0 Å². The molecular formula is C21H32IN5O2. The fourth-order valence-electron chi connectivity index (χ4n) is 3.51. The zero-order valence-electron chi connectivity index (χ0n) is 17.0. The Balaban J connectivity index is 0.00000300. The van der Waals surface area contributed by atoms with Crippen LogP contribution in [0.4, 0.5) is 0 Å². The van der Waals surface area contributed by atoms with E-state index in [2.05, 4.69) is 20.5 Å². The molecule has 0 aromatic carbocycles. The van der Waals surface area contributed by atoms with Gasteiger partial charge in [0.15, 0.2) is 5.96 Å². The van der Waals surface area contributed by atoms with Gasteiger partial charge in [-0.3, -0.25) is 14.9 Å². The van der Waals surface area contributed by atoms with Crippen molar-refractivity contribution in [3.05, 3.63) is 54.2 Å². The first-order valence-electron chi connectivity index (χ1n) is 10.2. The van der Waals surface area contributed by atoms with Gasteiger partial charge in [-0.1, -0.05) is 6.42 Å². The Morgan fingerprint density at radius 2 is 1.97 bits per heavy atom. The van der Waals surface area contributed by atoms with Crippen molar-refractivity contribution in [3.63, 3.8) is 0 Å². The number of halogens is 1. The third-order valence-electron chi connectivity index (χ3n) is 5.02. The summed E-state index contributed by atoms with van der Waals surface area (Å²) in [6.07, 6.45) is 8.21. The number of nitrogens with one attached hydrogen (secondary N) is 2. The summed E-state index contributed by atoms with van der Waals surface area (Å²) in [5.41, 5.74) is 0.833. The van der Waals surface area contributed by atoms with Crippen molar-refractivity contribution in [1.29, 1.82) is 0 Å². The lowest BCUT2D eigenvalue weighted by molar-refractivity contribution is 0.150. The zero-order chi connectivity index (χ0) is 19.6. The molecule has 1 saturated heterocycles. The van der Waals surface area contributed by atoms with Crippen LogP contribution in [0.25, 0.3) is 0 Å². The maximum absolute atomic E-state index is 10.4. The van der Waals surface area contributed by atoms with Crippen LogP contribution in [0.2, 0.25) is 0 Å². The predicted molar refractivity (Wildman–Crippen MR) is 125 cm³/mol. The molecule has 7 nitrogen and oxygen atoms in total. The molecule has 1 aliphatic heterocycles. The van der Waals surface area contributed by atoms with Crippen molar-refractivity contribution in [2.45, 2.75) is 38.3 Å². The number of aliphatic hydroxyl groups excluding tert-OH is 1. The predicted octanol–water partition coefficient (Wildman–Crippen LogP) is 3.11. The molecule has 1 aliphatic rings. The Labute approximate surface area is 190 Å². The summed E-state index contributed by atoms with van der Waals surface area (Å²) in [6.45, 7) is 5.92. The quantitative estimate of drug-likeness (QED) is 0.286. The number of pyridine rings is 1. The van der Waals surface area contributed by atoms with Gasteiger partial charge in [0.1, 0.15) is 5.76 Å². The fraction of sp³-hybridized carbons (Fsp3) is 0.524. The Morgan fingerprint density at radius 1 is 1.21 bits per heavy atom. The third-order valence-corrected chi connectivity index (χ3v) is 5.02. The van der Waals surface area contributed by atoms with Gasteiger partial charge in [-0.05, 0) is 62.7 Å². The second kappa shape index (κ2) is 12.8. The van der Waals surface area contributed by atoms with Gasteiger partial charge in [-0.15, -0.1) is 24.0 Å². The molecule has 0 amide bonds. The monoisotopic (exact) mass is 513 g/mol. The minimum absolute atomic E-state index is 0. The lowest BCUT2D eigenvalue weighted by Crippen LogP contribution is -2.41. The van der Waals surface area contributed by atoms with E-state index in [0.717, 1.165) is 31.0 Å². The van der Waals surface area contributed by atoms with Gasteiger partial charge in [-0.25, -0.2) is 0 Å². The molecule has 160 valence electrons. The van der Waals surface area contributed by atoms with Crippen LogP contribution in [0.15, 0.2) is 52.3 Å². The molecule has 1 fully saturated rings. The molecule has 0 saturated carbocycles. The van der Waals surface area contributed by atoms with E-state index in [1.54, 1.807) is 18.7 Å². The summed E-state index contributed by atoms with van der Waals surface area (Å²) in [6, 6.07) is 7.74. The number of hydrogen-bond acceptors (Lipinski definition) is 5. The van der Waals surface area contributed by atoms with Gasteiger partial charge in [0.05, 0.1) is 25.0 Å². The normalized spacial score (nSPS) is 17.2. The van der Waals surface area contributed by atoms with Crippen molar-refractivity contribution < 1.29 is 9.52 Å². The summed E-state index contributed by atoms with van der Waals surface area (Å²) in [5, 5.41) is 16.9. The smallest absolute Gasteiger partial charge is 0.191 e. The Bertz CT molecular complexity index is 705. The number of likely N-dealkylation sites (tertiary alicyclic amines) is 1. The largest absolute Gasteiger partial charge is 0.468 e. The first-order valence-corrected chi connectivity index (χ1v) is 10.2. The highest BCUT2D eigenvalue weighted by atomic mass is 127. The molecule has 3 N–H and O–H groups in total. The average molecular weight is 513 g/mol. The lowest BCUT2D eigenvalue weighted by Gasteiger charge is -2.32. The van der Waals surface area contributed by atoms with Crippen molar-refractivity contribution >= 4 is 29.9 Å². The van der Waals surface area contributed by atoms with Crippen molar-refractivity contribution in [2.24, 2.45) is 4.99 Å². The number of hydrogen-bond donors (Lipinski definition) is 3. The van der Waals surface area contributed by atoms with E-state index in [0.29, 0.717) is 19.0 Å². The van der Waals surface area contributed by atoms with Gasteiger partial charge in [-0.2, -0.15) is 0 Å². The Hall–Kier alpha value is -1.65.